The van der Waals surface area contributed by atoms with E-state index in [0.29, 0.717) is 18.0 Å². The molecule has 1 aliphatic heterocycles. The molecule has 1 aromatic carbocycles. The molecule has 2 atom stereocenters. The number of fused-ring (bicyclic) bond motifs is 1. The first-order valence-electron chi connectivity index (χ1n) is 7.02. The molecular formula is C15H20N2O5. The number of aliphatic carboxylic acids is 1. The predicted octanol–water partition coefficient (Wildman–Crippen LogP) is 0.921. The van der Waals surface area contributed by atoms with Crippen LogP contribution in [0.15, 0.2) is 18.2 Å². The Labute approximate surface area is 128 Å². The third-order valence-electron chi connectivity index (χ3n) is 3.51. The van der Waals surface area contributed by atoms with E-state index >= 15 is 0 Å². The van der Waals surface area contributed by atoms with Gasteiger partial charge in [-0.3, -0.25) is 9.59 Å². The molecule has 0 radical (unpaired) electrons. The number of nitrogens with zero attached hydrogens (tertiary/aromatic N) is 1. The van der Waals surface area contributed by atoms with Crippen LogP contribution >= 0.6 is 0 Å². The smallest absolute Gasteiger partial charge is 0.305 e. The number of carbonyl (C=O) groups excluding carboxylic acids is 1. The summed E-state index contributed by atoms with van der Waals surface area (Å²) in [6.45, 7) is 2.08. The van der Waals surface area contributed by atoms with Gasteiger partial charge in [0, 0.05) is 13.7 Å². The molecule has 2 unspecified atom stereocenters. The summed E-state index contributed by atoms with van der Waals surface area (Å²) in [6, 6.07) is 4.99. The lowest BCUT2D eigenvalue weighted by molar-refractivity contribution is -0.136. The molecule has 0 fully saturated rings. The summed E-state index contributed by atoms with van der Waals surface area (Å²) in [5.74, 6) is -0.669. The first-order chi connectivity index (χ1) is 10.4. The number of methoxy groups -OCH3 is 1. The minimum Gasteiger partial charge on any atom is -0.481 e. The number of hydrogen-bond donors (Lipinski definition) is 2. The highest BCUT2D eigenvalue weighted by Gasteiger charge is 2.32. The van der Waals surface area contributed by atoms with Crippen molar-refractivity contribution in [3.05, 3.63) is 23.8 Å². The van der Waals surface area contributed by atoms with Crippen molar-refractivity contribution in [2.24, 2.45) is 5.73 Å². The fourth-order valence-electron chi connectivity index (χ4n) is 2.37. The van der Waals surface area contributed by atoms with E-state index in [4.69, 9.17) is 20.3 Å². The molecule has 7 heteroatoms. The van der Waals surface area contributed by atoms with Gasteiger partial charge in [0.25, 0.3) is 5.91 Å². The normalized spacial score (nSPS) is 18.6. The number of hydrogen-bond acceptors (Lipinski definition) is 5. The number of carboxylic acid groups (broad SMARTS) is 1. The number of ether oxygens (including phenoxy) is 2. The van der Waals surface area contributed by atoms with Crippen LogP contribution in [0.4, 0.5) is 5.69 Å². The summed E-state index contributed by atoms with van der Waals surface area (Å²) in [5, 5.41) is 8.85. The van der Waals surface area contributed by atoms with Crippen LogP contribution in [-0.4, -0.2) is 43.3 Å². The van der Waals surface area contributed by atoms with Gasteiger partial charge in [-0.05, 0) is 24.6 Å². The van der Waals surface area contributed by atoms with Crippen LogP contribution in [-0.2, 0) is 14.3 Å². The maximum Gasteiger partial charge on any atom is 0.305 e. The zero-order chi connectivity index (χ0) is 16.3. The number of carboxylic acids is 1. The van der Waals surface area contributed by atoms with Crippen molar-refractivity contribution < 1.29 is 24.2 Å². The van der Waals surface area contributed by atoms with Gasteiger partial charge in [0.15, 0.2) is 6.10 Å². The Kier molecular flexibility index (Phi) is 4.99. The van der Waals surface area contributed by atoms with Gasteiger partial charge < -0.3 is 25.2 Å². The SMILES string of the molecule is COCC(N)c1ccc2c(c1)N(CCC(=O)O)C(=O)C(C)O2. The summed E-state index contributed by atoms with van der Waals surface area (Å²) in [7, 11) is 1.56. The summed E-state index contributed by atoms with van der Waals surface area (Å²) in [6.07, 6.45) is -0.772. The van der Waals surface area contributed by atoms with E-state index in [1.165, 1.54) is 4.90 Å². The topological polar surface area (TPSA) is 102 Å². The third-order valence-corrected chi connectivity index (χ3v) is 3.51. The summed E-state index contributed by atoms with van der Waals surface area (Å²) in [5.41, 5.74) is 7.35. The minimum absolute atomic E-state index is 0.0951. The van der Waals surface area contributed by atoms with Crippen molar-refractivity contribution >= 4 is 17.6 Å². The van der Waals surface area contributed by atoms with Gasteiger partial charge in [0.05, 0.1) is 24.8 Å². The molecule has 1 aromatic rings. The Morgan fingerprint density at radius 2 is 2.27 bits per heavy atom. The van der Waals surface area contributed by atoms with Crippen molar-refractivity contribution in [1.29, 1.82) is 0 Å². The monoisotopic (exact) mass is 308 g/mol. The minimum atomic E-state index is -0.958. The number of amides is 1. The standard InChI is InChI=1S/C15H20N2O5/c1-9-15(20)17(6-5-14(18)19)12-7-10(11(16)8-21-2)3-4-13(12)22-9/h3-4,7,9,11H,5-6,8,16H2,1-2H3,(H,18,19). The second kappa shape index (κ2) is 6.76. The zero-order valence-electron chi connectivity index (χ0n) is 12.6. The second-order valence-electron chi connectivity index (χ2n) is 5.18. The average molecular weight is 308 g/mol. The third kappa shape index (κ3) is 3.37. The number of benzene rings is 1. The van der Waals surface area contributed by atoms with E-state index in [2.05, 4.69) is 0 Å². The van der Waals surface area contributed by atoms with Crippen molar-refractivity contribution in [2.45, 2.75) is 25.5 Å². The Hall–Kier alpha value is -2.12. The van der Waals surface area contributed by atoms with Gasteiger partial charge >= 0.3 is 5.97 Å². The maximum absolute atomic E-state index is 12.3. The maximum atomic E-state index is 12.3. The molecular weight excluding hydrogens is 288 g/mol. The van der Waals surface area contributed by atoms with Crippen LogP contribution < -0.4 is 15.4 Å². The summed E-state index contributed by atoms with van der Waals surface area (Å²) < 4.78 is 10.6. The molecule has 22 heavy (non-hydrogen) atoms. The average Bonchev–Trinajstić information content (AvgIpc) is 2.47. The molecule has 0 spiro atoms. The molecule has 2 rings (SSSR count). The molecule has 0 aromatic heterocycles. The van der Waals surface area contributed by atoms with Crippen LogP contribution in [0.3, 0.4) is 0 Å². The highest BCUT2D eigenvalue weighted by molar-refractivity contribution is 6.00. The summed E-state index contributed by atoms with van der Waals surface area (Å²) >= 11 is 0. The van der Waals surface area contributed by atoms with E-state index < -0.39 is 12.1 Å². The molecule has 0 aliphatic carbocycles. The molecule has 120 valence electrons. The molecule has 0 saturated heterocycles. The van der Waals surface area contributed by atoms with Gasteiger partial charge in [-0.15, -0.1) is 0 Å². The highest BCUT2D eigenvalue weighted by atomic mass is 16.5. The highest BCUT2D eigenvalue weighted by Crippen LogP contribution is 2.36. The number of nitrogens with two attached hydrogens (primary N) is 1. The van der Waals surface area contributed by atoms with E-state index in [1.807, 2.05) is 6.07 Å². The van der Waals surface area contributed by atoms with E-state index in [0.717, 1.165) is 5.56 Å². The van der Waals surface area contributed by atoms with Crippen molar-refractivity contribution in [3.8, 4) is 5.75 Å². The van der Waals surface area contributed by atoms with Crippen LogP contribution in [0.5, 0.6) is 5.75 Å². The van der Waals surface area contributed by atoms with Crippen LogP contribution in [0, 0.1) is 0 Å². The number of carbonyl (C=O) groups is 2. The van der Waals surface area contributed by atoms with Gasteiger partial charge in [0.2, 0.25) is 0 Å². The molecule has 1 heterocycles. The van der Waals surface area contributed by atoms with Crippen LogP contribution in [0.2, 0.25) is 0 Å². The zero-order valence-corrected chi connectivity index (χ0v) is 12.6. The van der Waals surface area contributed by atoms with Crippen LogP contribution in [0.25, 0.3) is 0 Å². The van der Waals surface area contributed by atoms with Gasteiger partial charge in [-0.1, -0.05) is 6.07 Å². The lowest BCUT2D eigenvalue weighted by Gasteiger charge is -2.33. The summed E-state index contributed by atoms with van der Waals surface area (Å²) in [4.78, 5) is 24.5. The Balaban J connectivity index is 2.34. The lowest BCUT2D eigenvalue weighted by Crippen LogP contribution is -2.45. The predicted molar refractivity (Wildman–Crippen MR) is 79.9 cm³/mol. The van der Waals surface area contributed by atoms with Gasteiger partial charge in [-0.2, -0.15) is 0 Å². The quantitative estimate of drug-likeness (QED) is 0.810. The fourth-order valence-corrected chi connectivity index (χ4v) is 2.37. The lowest BCUT2D eigenvalue weighted by atomic mass is 10.0. The van der Waals surface area contributed by atoms with E-state index in [-0.39, 0.29) is 24.9 Å². The molecule has 1 aliphatic rings. The Bertz CT molecular complexity index is 575. The second-order valence-corrected chi connectivity index (χ2v) is 5.18. The van der Waals surface area contributed by atoms with Crippen molar-refractivity contribution in [3.63, 3.8) is 0 Å². The first kappa shape index (κ1) is 16.3. The fraction of sp³-hybridized carbons (Fsp3) is 0.467. The van der Waals surface area contributed by atoms with E-state index in [1.54, 1.807) is 26.2 Å². The molecule has 3 N–H and O–H groups in total. The van der Waals surface area contributed by atoms with Crippen molar-refractivity contribution in [1.82, 2.24) is 0 Å². The van der Waals surface area contributed by atoms with Crippen LogP contribution in [0.1, 0.15) is 24.9 Å². The Morgan fingerprint density at radius 1 is 1.55 bits per heavy atom. The van der Waals surface area contributed by atoms with Crippen molar-refractivity contribution in [2.75, 3.05) is 25.2 Å². The number of rotatable bonds is 6. The van der Waals surface area contributed by atoms with E-state index in [9.17, 15) is 9.59 Å². The Morgan fingerprint density at radius 3 is 2.91 bits per heavy atom. The van der Waals surface area contributed by atoms with Gasteiger partial charge in [0.1, 0.15) is 5.75 Å². The molecule has 0 bridgehead atoms. The largest absolute Gasteiger partial charge is 0.481 e. The molecule has 7 nitrogen and oxygen atoms in total. The first-order valence-corrected chi connectivity index (χ1v) is 7.02. The molecule has 0 saturated carbocycles. The van der Waals surface area contributed by atoms with Gasteiger partial charge in [-0.25, -0.2) is 0 Å². The number of anilines is 1. The molecule has 1 amide bonds.